The number of benzene rings is 1. The van der Waals surface area contributed by atoms with Crippen LogP contribution in [-0.4, -0.2) is 20.4 Å². The molecule has 0 unspecified atom stereocenters. The van der Waals surface area contributed by atoms with Gasteiger partial charge in [0.2, 0.25) is 5.91 Å². The van der Waals surface area contributed by atoms with Gasteiger partial charge in [-0.1, -0.05) is 36.6 Å². The monoisotopic (exact) mass is 366 g/mol. The molecule has 0 atom stereocenters. The highest BCUT2D eigenvalue weighted by atomic mass is 35.5. The first-order valence-corrected chi connectivity index (χ1v) is 9.07. The average molecular weight is 367 g/mol. The lowest BCUT2D eigenvalue weighted by Crippen LogP contribution is -2.38. The molecule has 1 aliphatic rings. The number of carbonyl (C=O) groups excluding carboxylic acids is 1. The molecule has 5 nitrogen and oxygen atoms in total. The smallest absolute Gasteiger partial charge is 0.235 e. The van der Waals surface area contributed by atoms with E-state index in [0.29, 0.717) is 10.7 Å². The van der Waals surface area contributed by atoms with E-state index in [9.17, 15) is 4.79 Å². The first kappa shape index (κ1) is 16.8. The van der Waals surface area contributed by atoms with Crippen LogP contribution in [0.3, 0.4) is 0 Å². The van der Waals surface area contributed by atoms with Crippen LogP contribution in [0.5, 0.6) is 0 Å². The highest BCUT2D eigenvalue weighted by molar-refractivity contribution is 6.30. The molecule has 0 spiro atoms. The minimum Gasteiger partial charge on any atom is -0.324 e. The van der Waals surface area contributed by atoms with Crippen molar-refractivity contribution >= 4 is 23.2 Å². The van der Waals surface area contributed by atoms with E-state index in [2.05, 4.69) is 15.3 Å². The van der Waals surface area contributed by atoms with Crippen molar-refractivity contribution in [2.24, 2.45) is 0 Å². The van der Waals surface area contributed by atoms with Crippen molar-refractivity contribution in [3.8, 4) is 5.82 Å². The molecule has 3 aromatic rings. The standard InChI is InChI=1S/C20H19ClN4O/c21-16-5-3-15(4-6-16)20(9-1-2-10-20)19(26)24-17-7-8-18(23-13-17)25-12-11-22-14-25/h3-8,11-14H,1-2,9-10H2,(H,24,26). The van der Waals surface area contributed by atoms with Gasteiger partial charge in [-0.2, -0.15) is 0 Å². The van der Waals surface area contributed by atoms with Crippen molar-refractivity contribution in [3.63, 3.8) is 0 Å². The number of aromatic nitrogens is 3. The van der Waals surface area contributed by atoms with Gasteiger partial charge in [0.1, 0.15) is 12.1 Å². The quantitative estimate of drug-likeness (QED) is 0.745. The Morgan fingerprint density at radius 3 is 2.50 bits per heavy atom. The summed E-state index contributed by atoms with van der Waals surface area (Å²) in [6.45, 7) is 0. The zero-order chi connectivity index (χ0) is 18.0. The van der Waals surface area contributed by atoms with Gasteiger partial charge in [0.15, 0.2) is 0 Å². The average Bonchev–Trinajstić information content (AvgIpc) is 3.36. The topological polar surface area (TPSA) is 59.8 Å². The van der Waals surface area contributed by atoms with Crippen LogP contribution < -0.4 is 5.32 Å². The van der Waals surface area contributed by atoms with E-state index in [-0.39, 0.29) is 5.91 Å². The number of hydrogen-bond acceptors (Lipinski definition) is 3. The van der Waals surface area contributed by atoms with Crippen LogP contribution in [0.25, 0.3) is 5.82 Å². The van der Waals surface area contributed by atoms with Gasteiger partial charge in [0.05, 0.1) is 17.3 Å². The van der Waals surface area contributed by atoms with Crippen molar-refractivity contribution in [3.05, 3.63) is 71.9 Å². The van der Waals surface area contributed by atoms with Crippen molar-refractivity contribution in [2.75, 3.05) is 5.32 Å². The molecule has 4 rings (SSSR count). The molecule has 26 heavy (non-hydrogen) atoms. The Morgan fingerprint density at radius 1 is 1.12 bits per heavy atom. The molecule has 1 N–H and O–H groups in total. The molecule has 1 fully saturated rings. The maximum Gasteiger partial charge on any atom is 0.235 e. The number of carbonyl (C=O) groups is 1. The number of amides is 1. The van der Waals surface area contributed by atoms with Crippen LogP contribution >= 0.6 is 11.6 Å². The molecule has 2 heterocycles. The van der Waals surface area contributed by atoms with Crippen LogP contribution in [-0.2, 0) is 10.2 Å². The predicted molar refractivity (Wildman–Crippen MR) is 102 cm³/mol. The maximum atomic E-state index is 13.1. The normalized spacial score (nSPS) is 15.7. The lowest BCUT2D eigenvalue weighted by molar-refractivity contribution is -0.121. The number of nitrogens with one attached hydrogen (secondary N) is 1. The third kappa shape index (κ3) is 3.10. The first-order chi connectivity index (χ1) is 12.7. The number of rotatable bonds is 4. The van der Waals surface area contributed by atoms with E-state index in [1.807, 2.05) is 47.2 Å². The summed E-state index contributed by atoms with van der Waals surface area (Å²) in [4.78, 5) is 21.6. The second kappa shape index (κ2) is 6.92. The molecule has 132 valence electrons. The Morgan fingerprint density at radius 2 is 1.88 bits per heavy atom. The molecular formula is C20H19ClN4O. The summed E-state index contributed by atoms with van der Waals surface area (Å²) in [5, 5.41) is 3.73. The molecule has 1 amide bonds. The third-order valence-electron chi connectivity index (χ3n) is 5.06. The minimum absolute atomic E-state index is 0.0227. The maximum absolute atomic E-state index is 13.1. The van der Waals surface area contributed by atoms with Gasteiger partial charge in [0.25, 0.3) is 0 Å². The van der Waals surface area contributed by atoms with Gasteiger partial charge < -0.3 is 5.32 Å². The molecule has 1 aliphatic carbocycles. The van der Waals surface area contributed by atoms with Crippen LogP contribution in [0.2, 0.25) is 5.02 Å². The van der Waals surface area contributed by atoms with E-state index in [1.54, 1.807) is 18.7 Å². The number of halogens is 1. The summed E-state index contributed by atoms with van der Waals surface area (Å²) in [5.74, 6) is 0.781. The Hall–Kier alpha value is -2.66. The summed E-state index contributed by atoms with van der Waals surface area (Å²) >= 11 is 6.01. The zero-order valence-electron chi connectivity index (χ0n) is 14.2. The lowest BCUT2D eigenvalue weighted by Gasteiger charge is -2.28. The molecule has 1 aromatic carbocycles. The highest BCUT2D eigenvalue weighted by Gasteiger charge is 2.42. The summed E-state index contributed by atoms with van der Waals surface area (Å²) in [6.07, 6.45) is 10.7. The van der Waals surface area contributed by atoms with Crippen LogP contribution in [0.15, 0.2) is 61.3 Å². The number of pyridine rings is 1. The fourth-order valence-corrected chi connectivity index (χ4v) is 3.78. The van der Waals surface area contributed by atoms with E-state index < -0.39 is 5.41 Å². The summed E-state index contributed by atoms with van der Waals surface area (Å²) in [6, 6.07) is 11.4. The van der Waals surface area contributed by atoms with Gasteiger partial charge in [0, 0.05) is 17.4 Å². The minimum atomic E-state index is -0.492. The Balaban J connectivity index is 1.56. The Kier molecular flexibility index (Phi) is 4.47. The van der Waals surface area contributed by atoms with Crippen LogP contribution in [0.1, 0.15) is 31.2 Å². The summed E-state index contributed by atoms with van der Waals surface area (Å²) in [5.41, 5.74) is 1.23. The van der Waals surface area contributed by atoms with Gasteiger partial charge in [-0.25, -0.2) is 9.97 Å². The highest BCUT2D eigenvalue weighted by Crippen LogP contribution is 2.42. The van der Waals surface area contributed by atoms with E-state index in [0.717, 1.165) is 37.1 Å². The molecule has 0 aliphatic heterocycles. The number of imidazole rings is 1. The molecule has 0 bridgehead atoms. The first-order valence-electron chi connectivity index (χ1n) is 8.69. The fraction of sp³-hybridized carbons (Fsp3) is 0.250. The summed E-state index contributed by atoms with van der Waals surface area (Å²) < 4.78 is 1.82. The summed E-state index contributed by atoms with van der Waals surface area (Å²) in [7, 11) is 0. The Bertz CT molecular complexity index is 883. The number of hydrogen-bond donors (Lipinski definition) is 1. The molecule has 0 radical (unpaired) electrons. The molecule has 0 saturated heterocycles. The number of nitrogens with zero attached hydrogens (tertiary/aromatic N) is 3. The molecule has 6 heteroatoms. The molecular weight excluding hydrogens is 348 g/mol. The van der Waals surface area contributed by atoms with Crippen molar-refractivity contribution in [1.82, 2.24) is 14.5 Å². The van der Waals surface area contributed by atoms with Gasteiger partial charge in [-0.3, -0.25) is 9.36 Å². The van der Waals surface area contributed by atoms with Crippen molar-refractivity contribution in [2.45, 2.75) is 31.1 Å². The predicted octanol–water partition coefficient (Wildman–Crippen LogP) is 4.37. The number of anilines is 1. The van der Waals surface area contributed by atoms with E-state index >= 15 is 0 Å². The van der Waals surface area contributed by atoms with E-state index in [4.69, 9.17) is 11.6 Å². The van der Waals surface area contributed by atoms with Gasteiger partial charge >= 0.3 is 0 Å². The zero-order valence-corrected chi connectivity index (χ0v) is 15.0. The van der Waals surface area contributed by atoms with Gasteiger partial charge in [-0.05, 0) is 42.7 Å². The second-order valence-corrected chi connectivity index (χ2v) is 7.06. The lowest BCUT2D eigenvalue weighted by atomic mass is 9.78. The van der Waals surface area contributed by atoms with Crippen molar-refractivity contribution < 1.29 is 4.79 Å². The van der Waals surface area contributed by atoms with Crippen LogP contribution in [0.4, 0.5) is 5.69 Å². The largest absolute Gasteiger partial charge is 0.324 e. The second-order valence-electron chi connectivity index (χ2n) is 6.63. The van der Waals surface area contributed by atoms with Crippen molar-refractivity contribution in [1.29, 1.82) is 0 Å². The SMILES string of the molecule is O=C(Nc1ccc(-n2ccnc2)nc1)C1(c2ccc(Cl)cc2)CCCC1. The third-order valence-corrected chi connectivity index (χ3v) is 5.32. The van der Waals surface area contributed by atoms with Gasteiger partial charge in [-0.15, -0.1) is 0 Å². The fourth-order valence-electron chi connectivity index (χ4n) is 3.65. The molecule has 2 aromatic heterocycles. The molecule has 1 saturated carbocycles. The van der Waals surface area contributed by atoms with E-state index in [1.165, 1.54) is 0 Å². The Labute approximate surface area is 157 Å². The van der Waals surface area contributed by atoms with Crippen LogP contribution in [0, 0.1) is 0 Å².